The Labute approximate surface area is 195 Å². The monoisotopic (exact) mass is 518 g/mol. The molecule has 0 radical (unpaired) electrons. The molecule has 0 saturated heterocycles. The van der Waals surface area contributed by atoms with E-state index in [1.54, 1.807) is 11.8 Å². The summed E-state index contributed by atoms with van der Waals surface area (Å²) in [6.07, 6.45) is -4.48. The van der Waals surface area contributed by atoms with E-state index in [-0.39, 0.29) is 5.56 Å². The average molecular weight is 519 g/mol. The van der Waals surface area contributed by atoms with Crippen molar-refractivity contribution in [3.8, 4) is 11.3 Å². The number of benzene rings is 3. The number of para-hydroxylation sites is 1. The number of amides is 1. The largest absolute Gasteiger partial charge is 0.416 e. The number of carbonyl (C=O) groups excluding carboxylic acids is 1. The van der Waals surface area contributed by atoms with Gasteiger partial charge in [-0.2, -0.15) is 13.2 Å². The third kappa shape index (κ3) is 5.02. The van der Waals surface area contributed by atoms with Crippen LogP contribution >= 0.6 is 27.7 Å². The van der Waals surface area contributed by atoms with Crippen LogP contribution in [-0.4, -0.2) is 23.2 Å². The highest BCUT2D eigenvalue weighted by Crippen LogP contribution is 2.38. The fourth-order valence-electron chi connectivity index (χ4n) is 3.34. The zero-order chi connectivity index (χ0) is 22.7. The number of aromatic amines is 1. The molecule has 32 heavy (non-hydrogen) atoms. The summed E-state index contributed by atoms with van der Waals surface area (Å²) >= 11 is 5.04. The van der Waals surface area contributed by atoms with Gasteiger partial charge in [0.1, 0.15) is 0 Å². The van der Waals surface area contributed by atoms with E-state index < -0.39 is 17.6 Å². The quantitative estimate of drug-likeness (QED) is 0.210. The van der Waals surface area contributed by atoms with Crippen LogP contribution in [0.15, 0.2) is 82.2 Å². The van der Waals surface area contributed by atoms with E-state index >= 15 is 0 Å². The maximum Gasteiger partial charge on any atom is 0.416 e. The predicted molar refractivity (Wildman–Crippen MR) is 126 cm³/mol. The normalized spacial score (nSPS) is 11.6. The first-order valence-electron chi connectivity index (χ1n) is 9.78. The predicted octanol–water partition coefficient (Wildman–Crippen LogP) is 7.14. The van der Waals surface area contributed by atoms with Crippen molar-refractivity contribution < 1.29 is 18.0 Å². The lowest BCUT2D eigenvalue weighted by molar-refractivity contribution is -0.137. The molecule has 0 spiro atoms. The summed E-state index contributed by atoms with van der Waals surface area (Å²) in [5.41, 5.74) is 2.21. The average Bonchev–Trinajstić information content (AvgIpc) is 3.15. The van der Waals surface area contributed by atoms with Crippen LogP contribution in [0.2, 0.25) is 0 Å². The second-order valence-electron chi connectivity index (χ2n) is 7.06. The molecular weight excluding hydrogens is 501 g/mol. The summed E-state index contributed by atoms with van der Waals surface area (Å²) in [7, 11) is 0. The minimum Gasteiger partial charge on any atom is -0.354 e. The summed E-state index contributed by atoms with van der Waals surface area (Å²) in [5.74, 6) is 0.0413. The number of nitrogens with one attached hydrogen (secondary N) is 2. The minimum atomic E-state index is -4.48. The summed E-state index contributed by atoms with van der Waals surface area (Å²) in [5, 5.41) is 3.79. The number of hydrogen-bond donors (Lipinski definition) is 2. The zero-order valence-electron chi connectivity index (χ0n) is 16.7. The molecule has 1 aromatic heterocycles. The van der Waals surface area contributed by atoms with Crippen LogP contribution < -0.4 is 5.32 Å². The third-order valence-electron chi connectivity index (χ3n) is 4.88. The second-order valence-corrected chi connectivity index (χ2v) is 9.09. The van der Waals surface area contributed by atoms with E-state index in [2.05, 4.69) is 26.2 Å². The van der Waals surface area contributed by atoms with E-state index in [0.29, 0.717) is 12.3 Å². The topological polar surface area (TPSA) is 44.9 Å². The fraction of sp³-hybridized carbons (Fsp3) is 0.125. The number of fused-ring (bicyclic) bond motifs is 1. The Hall–Kier alpha value is -2.71. The number of halogens is 4. The molecule has 0 fully saturated rings. The van der Waals surface area contributed by atoms with Crippen molar-refractivity contribution >= 4 is 44.5 Å². The Morgan fingerprint density at radius 3 is 2.50 bits per heavy atom. The smallest absolute Gasteiger partial charge is 0.354 e. The maximum absolute atomic E-state index is 12.9. The Balaban J connectivity index is 1.46. The third-order valence-corrected chi connectivity index (χ3v) is 6.53. The van der Waals surface area contributed by atoms with E-state index in [0.717, 1.165) is 43.7 Å². The molecular formula is C24H18BrF3N2OS. The number of alkyl halides is 3. The van der Waals surface area contributed by atoms with Crippen LogP contribution in [0, 0.1) is 0 Å². The van der Waals surface area contributed by atoms with Crippen molar-refractivity contribution in [1.29, 1.82) is 0 Å². The van der Waals surface area contributed by atoms with Crippen molar-refractivity contribution in [3.63, 3.8) is 0 Å². The molecule has 4 aromatic rings. The first-order chi connectivity index (χ1) is 15.3. The molecule has 0 atom stereocenters. The van der Waals surface area contributed by atoms with Gasteiger partial charge in [0.15, 0.2) is 0 Å². The van der Waals surface area contributed by atoms with Gasteiger partial charge in [0.05, 0.1) is 11.3 Å². The Bertz CT molecular complexity index is 1250. The number of H-pyrrole nitrogens is 1. The standard InChI is InChI=1S/C24H18BrF3N2OS/c25-18-10-8-15(9-11-18)21-22(19-6-1-2-7-20(19)30-21)32-13-12-29-23(31)16-4-3-5-17(14-16)24(26,27)28/h1-11,14,30H,12-13H2,(H,29,31). The summed E-state index contributed by atoms with van der Waals surface area (Å²) < 4.78 is 39.6. The lowest BCUT2D eigenvalue weighted by Crippen LogP contribution is -2.26. The second kappa shape index (κ2) is 9.42. The Kier molecular flexibility index (Phi) is 6.62. The van der Waals surface area contributed by atoms with Gasteiger partial charge in [-0.3, -0.25) is 4.79 Å². The van der Waals surface area contributed by atoms with Gasteiger partial charge in [0.25, 0.3) is 5.91 Å². The van der Waals surface area contributed by atoms with Crippen LogP contribution in [-0.2, 0) is 6.18 Å². The summed E-state index contributed by atoms with van der Waals surface area (Å²) in [6.45, 7) is 0.318. The molecule has 0 aliphatic heterocycles. The highest BCUT2D eigenvalue weighted by atomic mass is 79.9. The molecule has 0 saturated carbocycles. The molecule has 3 aromatic carbocycles. The molecule has 0 aliphatic carbocycles. The molecule has 4 rings (SSSR count). The van der Waals surface area contributed by atoms with Gasteiger partial charge in [-0.25, -0.2) is 0 Å². The number of rotatable bonds is 6. The first-order valence-corrected chi connectivity index (χ1v) is 11.6. The zero-order valence-corrected chi connectivity index (χ0v) is 19.1. The van der Waals surface area contributed by atoms with Crippen molar-refractivity contribution in [2.24, 2.45) is 0 Å². The van der Waals surface area contributed by atoms with Gasteiger partial charge in [0, 0.05) is 38.1 Å². The van der Waals surface area contributed by atoms with Gasteiger partial charge in [-0.15, -0.1) is 11.8 Å². The lowest BCUT2D eigenvalue weighted by Gasteiger charge is -2.10. The number of aromatic nitrogens is 1. The molecule has 164 valence electrons. The Morgan fingerprint density at radius 1 is 1.00 bits per heavy atom. The van der Waals surface area contributed by atoms with Crippen LogP contribution in [0.4, 0.5) is 13.2 Å². The van der Waals surface area contributed by atoms with Crippen LogP contribution in [0.1, 0.15) is 15.9 Å². The van der Waals surface area contributed by atoms with Crippen LogP contribution in [0.25, 0.3) is 22.2 Å². The van der Waals surface area contributed by atoms with Crippen LogP contribution in [0.3, 0.4) is 0 Å². The van der Waals surface area contributed by atoms with Gasteiger partial charge in [0.2, 0.25) is 0 Å². The highest BCUT2D eigenvalue weighted by Gasteiger charge is 2.30. The first kappa shape index (κ1) is 22.5. The Morgan fingerprint density at radius 2 is 1.75 bits per heavy atom. The number of thioether (sulfide) groups is 1. The maximum atomic E-state index is 12.9. The molecule has 1 heterocycles. The SMILES string of the molecule is O=C(NCCSc1c(-c2ccc(Br)cc2)[nH]c2ccccc12)c1cccc(C(F)(F)F)c1. The van der Waals surface area contributed by atoms with Crippen molar-refractivity contribution in [3.05, 3.63) is 88.4 Å². The molecule has 8 heteroatoms. The van der Waals surface area contributed by atoms with E-state index in [4.69, 9.17) is 0 Å². The molecule has 1 amide bonds. The molecule has 0 unspecified atom stereocenters. The van der Waals surface area contributed by atoms with E-state index in [9.17, 15) is 18.0 Å². The number of carbonyl (C=O) groups is 1. The minimum absolute atomic E-state index is 0.00697. The summed E-state index contributed by atoms with van der Waals surface area (Å²) in [6, 6.07) is 20.4. The van der Waals surface area contributed by atoms with E-state index in [1.165, 1.54) is 12.1 Å². The molecule has 0 aliphatic rings. The van der Waals surface area contributed by atoms with Gasteiger partial charge in [-0.05, 0) is 42.0 Å². The van der Waals surface area contributed by atoms with Crippen LogP contribution in [0.5, 0.6) is 0 Å². The van der Waals surface area contributed by atoms with Crippen molar-refractivity contribution in [1.82, 2.24) is 10.3 Å². The van der Waals surface area contributed by atoms with Gasteiger partial charge in [-0.1, -0.05) is 52.3 Å². The summed E-state index contributed by atoms with van der Waals surface area (Å²) in [4.78, 5) is 16.9. The molecule has 2 N–H and O–H groups in total. The lowest BCUT2D eigenvalue weighted by atomic mass is 10.1. The van der Waals surface area contributed by atoms with E-state index in [1.807, 2.05) is 48.5 Å². The van der Waals surface area contributed by atoms with Gasteiger partial charge >= 0.3 is 6.18 Å². The van der Waals surface area contributed by atoms with Crippen molar-refractivity contribution in [2.75, 3.05) is 12.3 Å². The highest BCUT2D eigenvalue weighted by molar-refractivity contribution is 9.10. The van der Waals surface area contributed by atoms with Crippen molar-refractivity contribution in [2.45, 2.75) is 11.1 Å². The molecule has 3 nitrogen and oxygen atoms in total. The molecule has 0 bridgehead atoms. The fourth-order valence-corrected chi connectivity index (χ4v) is 4.66. The number of hydrogen-bond acceptors (Lipinski definition) is 2. The van der Waals surface area contributed by atoms with Gasteiger partial charge < -0.3 is 10.3 Å².